The molecule has 1 aromatic carbocycles. The minimum absolute atomic E-state index is 0. The first-order chi connectivity index (χ1) is 10.3. The summed E-state index contributed by atoms with van der Waals surface area (Å²) in [6.45, 7) is 1.25. The summed E-state index contributed by atoms with van der Waals surface area (Å²) in [5, 5.41) is 0. The zero-order valence-corrected chi connectivity index (χ0v) is 12.6. The largest absolute Gasteiger partial charge is 0.573 e. The molecule has 1 aliphatic heterocycles. The van der Waals surface area contributed by atoms with Gasteiger partial charge in [0.15, 0.2) is 5.96 Å². The Balaban J connectivity index is 0.00000264. The summed E-state index contributed by atoms with van der Waals surface area (Å²) in [4.78, 5) is 9.55. The molecule has 0 aliphatic carbocycles. The second kappa shape index (κ2) is 7.73. The summed E-state index contributed by atoms with van der Waals surface area (Å²) >= 11 is 0. The van der Waals surface area contributed by atoms with Crippen LogP contribution in [0.25, 0.3) is 0 Å². The summed E-state index contributed by atoms with van der Waals surface area (Å²) in [5.41, 5.74) is 11.5. The van der Waals surface area contributed by atoms with Gasteiger partial charge >= 0.3 is 6.36 Å². The Morgan fingerprint density at radius 1 is 1.17 bits per heavy atom. The van der Waals surface area contributed by atoms with E-state index in [4.69, 9.17) is 11.5 Å². The maximum Gasteiger partial charge on any atom is 0.573 e. The van der Waals surface area contributed by atoms with Crippen molar-refractivity contribution in [3.63, 3.8) is 0 Å². The van der Waals surface area contributed by atoms with Crippen LogP contribution in [0.3, 0.4) is 0 Å². The molecule has 2 rings (SSSR count). The zero-order valence-electron chi connectivity index (χ0n) is 11.8. The van der Waals surface area contributed by atoms with E-state index in [-0.39, 0.29) is 35.8 Å². The van der Waals surface area contributed by atoms with Crippen LogP contribution in [0.4, 0.5) is 18.9 Å². The highest BCUT2D eigenvalue weighted by Gasteiger charge is 2.31. The van der Waals surface area contributed by atoms with E-state index in [1.807, 2.05) is 12.2 Å². The summed E-state index contributed by atoms with van der Waals surface area (Å²) in [6.07, 6.45) is -0.916. The highest BCUT2D eigenvalue weighted by molar-refractivity contribution is 5.94. The number of hydrogen-bond donors (Lipinski definition) is 2. The molecule has 0 saturated heterocycles. The van der Waals surface area contributed by atoms with E-state index in [1.165, 1.54) is 12.1 Å². The molecule has 1 heterocycles. The Morgan fingerprint density at radius 2 is 1.83 bits per heavy atom. The quantitative estimate of drug-likeness (QED) is 0.486. The normalized spacial score (nSPS) is 15.5. The molecule has 0 bridgehead atoms. The number of nitrogens with zero attached hydrogens (tertiary/aromatic N) is 3. The number of halogens is 4. The van der Waals surface area contributed by atoms with Crippen LogP contribution in [0.5, 0.6) is 5.75 Å². The summed E-state index contributed by atoms with van der Waals surface area (Å²) in [5.74, 6) is -0.357. The van der Waals surface area contributed by atoms with Gasteiger partial charge in [-0.05, 0) is 12.1 Å². The van der Waals surface area contributed by atoms with Crippen LogP contribution in [0, 0.1) is 0 Å². The molecule has 1 aromatic rings. The number of rotatable bonds is 2. The molecule has 0 atom stereocenters. The summed E-state index contributed by atoms with van der Waals surface area (Å²) in [7, 11) is 0. The number of alkyl halides is 3. The van der Waals surface area contributed by atoms with Gasteiger partial charge in [0, 0.05) is 19.2 Å². The van der Waals surface area contributed by atoms with Crippen molar-refractivity contribution in [1.82, 2.24) is 4.90 Å². The maximum absolute atomic E-state index is 12.1. The van der Waals surface area contributed by atoms with E-state index < -0.39 is 6.36 Å². The van der Waals surface area contributed by atoms with E-state index in [0.717, 1.165) is 12.1 Å². The first-order valence-electron chi connectivity index (χ1n) is 6.27. The second-order valence-corrected chi connectivity index (χ2v) is 4.36. The Morgan fingerprint density at radius 3 is 2.43 bits per heavy atom. The van der Waals surface area contributed by atoms with E-state index >= 15 is 0 Å². The molecule has 0 fully saturated rings. The van der Waals surface area contributed by atoms with Crippen molar-refractivity contribution >= 4 is 30.0 Å². The molecule has 0 unspecified atom stereocenters. The molecule has 0 radical (unpaired) electrons. The molecule has 126 valence electrons. The Kier molecular flexibility index (Phi) is 6.26. The van der Waals surface area contributed by atoms with Gasteiger partial charge in [-0.25, -0.2) is 4.99 Å². The van der Waals surface area contributed by atoms with Gasteiger partial charge in [-0.3, -0.25) is 0 Å². The van der Waals surface area contributed by atoms with Crippen LogP contribution in [0.2, 0.25) is 0 Å². The molecule has 23 heavy (non-hydrogen) atoms. The fraction of sp³-hybridized carbons (Fsp3) is 0.231. The molecular formula is C13H15ClF3N5O. The van der Waals surface area contributed by atoms with E-state index in [2.05, 4.69) is 14.7 Å². The van der Waals surface area contributed by atoms with Crippen molar-refractivity contribution in [2.45, 2.75) is 6.36 Å². The van der Waals surface area contributed by atoms with Crippen molar-refractivity contribution in [3.8, 4) is 5.75 Å². The van der Waals surface area contributed by atoms with Gasteiger partial charge in [0.25, 0.3) is 0 Å². The van der Waals surface area contributed by atoms with E-state index in [0.29, 0.717) is 13.1 Å². The highest BCUT2D eigenvalue weighted by Crippen LogP contribution is 2.26. The number of guanidine groups is 2. The summed E-state index contributed by atoms with van der Waals surface area (Å²) < 4.78 is 40.2. The van der Waals surface area contributed by atoms with E-state index in [9.17, 15) is 13.2 Å². The predicted molar refractivity (Wildman–Crippen MR) is 84.0 cm³/mol. The number of nitrogens with two attached hydrogens (primary N) is 2. The van der Waals surface area contributed by atoms with Crippen molar-refractivity contribution in [1.29, 1.82) is 0 Å². The summed E-state index contributed by atoms with van der Waals surface area (Å²) in [6, 6.07) is 5.10. The molecule has 0 saturated carbocycles. The fourth-order valence-electron chi connectivity index (χ4n) is 1.76. The smallest absolute Gasteiger partial charge is 0.406 e. The highest BCUT2D eigenvalue weighted by atomic mass is 35.5. The van der Waals surface area contributed by atoms with Crippen LogP contribution in [0.15, 0.2) is 46.4 Å². The fourth-order valence-corrected chi connectivity index (χ4v) is 1.76. The minimum atomic E-state index is -4.76. The molecule has 0 aromatic heterocycles. The lowest BCUT2D eigenvalue weighted by Gasteiger charge is -2.15. The first kappa shape index (κ1) is 18.6. The van der Waals surface area contributed by atoms with Crippen LogP contribution in [-0.2, 0) is 0 Å². The first-order valence-corrected chi connectivity index (χ1v) is 6.27. The van der Waals surface area contributed by atoms with Gasteiger partial charge in [-0.1, -0.05) is 18.2 Å². The Hall–Kier alpha value is -2.42. The van der Waals surface area contributed by atoms with Crippen LogP contribution in [-0.4, -0.2) is 36.3 Å². The number of ether oxygens (including phenoxy) is 1. The Bertz CT molecular complexity index is 622. The van der Waals surface area contributed by atoms with Crippen LogP contribution >= 0.6 is 12.4 Å². The van der Waals surface area contributed by atoms with Gasteiger partial charge in [-0.15, -0.1) is 25.6 Å². The van der Waals surface area contributed by atoms with Crippen LogP contribution in [0.1, 0.15) is 0 Å². The van der Waals surface area contributed by atoms with Crippen molar-refractivity contribution in [2.75, 3.05) is 13.1 Å². The van der Waals surface area contributed by atoms with Gasteiger partial charge in [0.2, 0.25) is 5.96 Å². The molecule has 6 nitrogen and oxygen atoms in total. The van der Waals surface area contributed by atoms with Crippen LogP contribution < -0.4 is 16.2 Å². The SMILES string of the molecule is Cl.NC(=Nc1cccc(OC(F)(F)F)c1)N=C(N)N1CC=CC1. The van der Waals surface area contributed by atoms with Gasteiger partial charge in [0.05, 0.1) is 5.69 Å². The lowest BCUT2D eigenvalue weighted by molar-refractivity contribution is -0.274. The Labute approximate surface area is 136 Å². The third-order valence-corrected chi connectivity index (χ3v) is 2.67. The number of aliphatic imine (C=N–C) groups is 2. The van der Waals surface area contributed by atoms with Gasteiger partial charge < -0.3 is 21.1 Å². The van der Waals surface area contributed by atoms with Crippen molar-refractivity contribution < 1.29 is 17.9 Å². The lowest BCUT2D eigenvalue weighted by Crippen LogP contribution is -2.36. The lowest BCUT2D eigenvalue weighted by atomic mass is 10.3. The molecule has 10 heteroatoms. The standard InChI is InChI=1S/C13H14F3N5O.ClH/c14-13(15,16)22-10-5-3-4-9(8-10)19-11(17)20-12(18)21-6-1-2-7-21;/h1-5,8H,6-7H2,(H4,17,18,19,20);1H. The number of hydrogen-bond acceptors (Lipinski definition) is 2. The monoisotopic (exact) mass is 349 g/mol. The van der Waals surface area contributed by atoms with Crippen molar-refractivity contribution in [2.24, 2.45) is 21.5 Å². The van der Waals surface area contributed by atoms with Gasteiger partial charge in [0.1, 0.15) is 5.75 Å². The molecule has 0 spiro atoms. The predicted octanol–water partition coefficient (Wildman–Crippen LogP) is 2.14. The van der Waals surface area contributed by atoms with Crippen molar-refractivity contribution in [3.05, 3.63) is 36.4 Å². The minimum Gasteiger partial charge on any atom is -0.406 e. The van der Waals surface area contributed by atoms with Gasteiger partial charge in [-0.2, -0.15) is 4.99 Å². The topological polar surface area (TPSA) is 89.2 Å². The molecule has 4 N–H and O–H groups in total. The third-order valence-electron chi connectivity index (χ3n) is 2.67. The zero-order chi connectivity index (χ0) is 16.2. The maximum atomic E-state index is 12.1. The average Bonchev–Trinajstić information content (AvgIpc) is 2.90. The third kappa shape index (κ3) is 6.07. The average molecular weight is 350 g/mol. The molecular weight excluding hydrogens is 335 g/mol. The molecule has 0 amide bonds. The number of benzene rings is 1. The second-order valence-electron chi connectivity index (χ2n) is 4.36. The molecule has 1 aliphatic rings. The van der Waals surface area contributed by atoms with E-state index in [1.54, 1.807) is 4.90 Å².